The predicted molar refractivity (Wildman–Crippen MR) is 236 cm³/mol. The minimum absolute atomic E-state index is 0.106. The van der Waals surface area contributed by atoms with Gasteiger partial charge in [-0.3, -0.25) is 0 Å². The zero-order chi connectivity index (χ0) is 40.6. The van der Waals surface area contributed by atoms with Crippen molar-refractivity contribution in [1.29, 1.82) is 0 Å². The zero-order valence-electron chi connectivity index (χ0n) is 33.1. The number of benzene rings is 6. The average molecular weight is 909 g/mol. The standard InChI is InChI=1S/C18H19BrO2.C17H17BrO.C15H13FO2/c1-12(2)20-16-5-3-4-13(11-16)17-8-6-14-10-15(19)7-9-18(14)21-17;1-2-12-5-3-4-6-15(12)17-9-7-13-11-14(18)8-10-16(13)19-17;16-12-3-1-2-10(8-12)14-6-4-11-9-13(17)5-7-15(11)18-14/h3-5,7,9-12,17H,6,8H2,1-2H3;3-6,8,10-11,17H,2,7,9H2,1H3;1-3,5,7-9,14,17H,4,6H2. The van der Waals surface area contributed by atoms with Crippen LogP contribution in [-0.4, -0.2) is 11.2 Å². The summed E-state index contributed by atoms with van der Waals surface area (Å²) in [6, 6.07) is 40.9. The lowest BCUT2D eigenvalue weighted by Crippen LogP contribution is -2.16. The first-order chi connectivity index (χ1) is 28.1. The van der Waals surface area contributed by atoms with Crippen LogP contribution in [0, 0.1) is 5.82 Å². The molecular weight excluding hydrogens is 859 g/mol. The van der Waals surface area contributed by atoms with Crippen molar-refractivity contribution in [2.24, 2.45) is 0 Å². The van der Waals surface area contributed by atoms with Crippen LogP contribution in [-0.2, 0) is 25.7 Å². The van der Waals surface area contributed by atoms with Gasteiger partial charge in [0.2, 0.25) is 0 Å². The molecule has 300 valence electrons. The smallest absolute Gasteiger partial charge is 0.124 e. The number of hydrogen-bond acceptors (Lipinski definition) is 5. The number of rotatable bonds is 6. The summed E-state index contributed by atoms with van der Waals surface area (Å²) in [5.41, 5.74) is 8.36. The Balaban J connectivity index is 0.000000133. The van der Waals surface area contributed by atoms with Gasteiger partial charge in [0.25, 0.3) is 0 Å². The Hall–Kier alpha value is -4.79. The second-order valence-electron chi connectivity index (χ2n) is 15.1. The highest BCUT2D eigenvalue weighted by Gasteiger charge is 2.25. The molecule has 1 N–H and O–H groups in total. The van der Waals surface area contributed by atoms with Crippen LogP contribution >= 0.6 is 31.9 Å². The molecule has 9 rings (SSSR count). The maximum Gasteiger partial charge on any atom is 0.124 e. The molecule has 3 atom stereocenters. The number of ether oxygens (including phenoxy) is 4. The fourth-order valence-corrected chi connectivity index (χ4v) is 8.53. The van der Waals surface area contributed by atoms with Gasteiger partial charge in [0.05, 0.1) is 6.10 Å². The second kappa shape index (κ2) is 19.3. The topological polar surface area (TPSA) is 57.2 Å². The molecule has 58 heavy (non-hydrogen) atoms. The monoisotopic (exact) mass is 906 g/mol. The van der Waals surface area contributed by atoms with Gasteiger partial charge >= 0.3 is 0 Å². The molecule has 0 spiro atoms. The predicted octanol–water partition coefficient (Wildman–Crippen LogP) is 14.0. The van der Waals surface area contributed by atoms with Crippen molar-refractivity contribution in [1.82, 2.24) is 0 Å². The average Bonchev–Trinajstić information content (AvgIpc) is 3.23. The number of halogens is 3. The van der Waals surface area contributed by atoms with Gasteiger partial charge < -0.3 is 24.1 Å². The molecule has 3 heterocycles. The highest BCUT2D eigenvalue weighted by molar-refractivity contribution is 9.10. The van der Waals surface area contributed by atoms with E-state index in [1.807, 2.05) is 50.2 Å². The van der Waals surface area contributed by atoms with E-state index in [0.29, 0.717) is 0 Å². The van der Waals surface area contributed by atoms with Gasteiger partial charge in [0.15, 0.2) is 0 Å². The van der Waals surface area contributed by atoms with E-state index in [4.69, 9.17) is 18.9 Å². The largest absolute Gasteiger partial charge is 0.508 e. The number of phenolic OH excluding ortho intramolecular Hbond substituents is 1. The van der Waals surface area contributed by atoms with Crippen molar-refractivity contribution >= 4 is 31.9 Å². The summed E-state index contributed by atoms with van der Waals surface area (Å²) in [5.74, 6) is 3.71. The number of aryl methyl sites for hydroxylation is 4. The lowest BCUT2D eigenvalue weighted by molar-refractivity contribution is 0.175. The number of aromatic hydroxyl groups is 1. The molecule has 0 radical (unpaired) electrons. The van der Waals surface area contributed by atoms with Crippen LogP contribution in [0.5, 0.6) is 28.7 Å². The van der Waals surface area contributed by atoms with Crippen LogP contribution in [0.2, 0.25) is 0 Å². The van der Waals surface area contributed by atoms with Crippen molar-refractivity contribution in [3.8, 4) is 28.7 Å². The van der Waals surface area contributed by atoms with E-state index in [0.717, 1.165) is 88.0 Å². The summed E-state index contributed by atoms with van der Waals surface area (Å²) in [7, 11) is 0. The number of hydrogen-bond donors (Lipinski definition) is 1. The summed E-state index contributed by atoms with van der Waals surface area (Å²) < 4.78 is 39.4. The van der Waals surface area contributed by atoms with Crippen LogP contribution in [0.1, 0.15) is 97.3 Å². The Labute approximate surface area is 358 Å². The van der Waals surface area contributed by atoms with E-state index in [9.17, 15) is 9.50 Å². The Morgan fingerprint density at radius 1 is 0.621 bits per heavy atom. The first kappa shape index (κ1) is 41.4. The number of fused-ring (bicyclic) bond motifs is 3. The molecule has 6 aromatic carbocycles. The summed E-state index contributed by atoms with van der Waals surface area (Å²) in [4.78, 5) is 0. The Bertz CT molecular complexity index is 2330. The van der Waals surface area contributed by atoms with Crippen LogP contribution in [0.3, 0.4) is 0 Å². The third kappa shape index (κ3) is 10.6. The quantitative estimate of drug-likeness (QED) is 0.180. The summed E-state index contributed by atoms with van der Waals surface area (Å²) in [6.07, 6.45) is 7.22. The third-order valence-electron chi connectivity index (χ3n) is 10.5. The minimum atomic E-state index is -0.243. The fraction of sp³-hybridized carbons (Fsp3) is 0.280. The molecule has 0 aromatic heterocycles. The van der Waals surface area contributed by atoms with Crippen molar-refractivity contribution in [2.45, 2.75) is 90.1 Å². The van der Waals surface area contributed by atoms with Crippen LogP contribution in [0.25, 0.3) is 0 Å². The van der Waals surface area contributed by atoms with E-state index in [1.54, 1.807) is 24.3 Å². The van der Waals surface area contributed by atoms with Gasteiger partial charge in [-0.15, -0.1) is 0 Å². The van der Waals surface area contributed by atoms with Crippen molar-refractivity contribution in [2.75, 3.05) is 0 Å². The Morgan fingerprint density at radius 2 is 1.16 bits per heavy atom. The van der Waals surface area contributed by atoms with E-state index in [2.05, 4.69) is 93.4 Å². The van der Waals surface area contributed by atoms with Gasteiger partial charge in [-0.05, 0) is 177 Å². The molecular formula is C50H49Br2FO5. The zero-order valence-corrected chi connectivity index (χ0v) is 36.3. The molecule has 0 bridgehead atoms. The first-order valence-corrected chi connectivity index (χ1v) is 21.7. The second-order valence-corrected chi connectivity index (χ2v) is 16.9. The summed E-state index contributed by atoms with van der Waals surface area (Å²) in [6.45, 7) is 6.28. The van der Waals surface area contributed by atoms with Crippen molar-refractivity contribution in [3.63, 3.8) is 0 Å². The van der Waals surface area contributed by atoms with Gasteiger partial charge in [0, 0.05) is 8.95 Å². The van der Waals surface area contributed by atoms with Gasteiger partial charge in [-0.2, -0.15) is 0 Å². The third-order valence-corrected chi connectivity index (χ3v) is 11.5. The fourth-order valence-electron chi connectivity index (χ4n) is 7.72. The van der Waals surface area contributed by atoms with Crippen LogP contribution in [0.4, 0.5) is 4.39 Å². The normalized spacial score (nSPS) is 17.6. The van der Waals surface area contributed by atoms with Crippen molar-refractivity contribution < 1.29 is 28.4 Å². The van der Waals surface area contributed by atoms with E-state index < -0.39 is 0 Å². The molecule has 0 saturated carbocycles. The molecule has 3 aliphatic heterocycles. The van der Waals surface area contributed by atoms with Gasteiger partial charge in [-0.25, -0.2) is 4.39 Å². The molecule has 0 saturated heterocycles. The lowest BCUT2D eigenvalue weighted by Gasteiger charge is -2.28. The Kier molecular flexibility index (Phi) is 13.8. The van der Waals surface area contributed by atoms with Crippen LogP contribution < -0.4 is 18.9 Å². The number of phenols is 1. The Morgan fingerprint density at radius 3 is 1.76 bits per heavy atom. The molecule has 5 nitrogen and oxygen atoms in total. The van der Waals surface area contributed by atoms with Gasteiger partial charge in [-0.1, -0.05) is 87.3 Å². The van der Waals surface area contributed by atoms with Gasteiger partial charge in [0.1, 0.15) is 52.9 Å². The maximum atomic E-state index is 13.2. The summed E-state index contributed by atoms with van der Waals surface area (Å²) in [5, 5.41) is 9.40. The molecule has 3 aliphatic rings. The summed E-state index contributed by atoms with van der Waals surface area (Å²) >= 11 is 7.03. The SMILES string of the molecule is CC(C)Oc1cccc(C2CCc3cc(Br)ccc3O2)c1.CCc1ccccc1C1CCc2cc(Br)ccc2O1.Oc1ccc2c(c1)CCC(c1cccc(F)c1)O2. The highest BCUT2D eigenvalue weighted by atomic mass is 79.9. The molecule has 0 fully saturated rings. The van der Waals surface area contributed by atoms with E-state index in [-0.39, 0.29) is 36.0 Å². The molecule has 0 amide bonds. The minimum Gasteiger partial charge on any atom is -0.508 e. The molecule has 0 aliphatic carbocycles. The van der Waals surface area contributed by atoms with E-state index in [1.165, 1.54) is 39.9 Å². The molecule has 8 heteroatoms. The lowest BCUT2D eigenvalue weighted by atomic mass is 9.93. The maximum absolute atomic E-state index is 13.2. The van der Waals surface area contributed by atoms with Crippen molar-refractivity contribution in [3.05, 3.63) is 181 Å². The molecule has 3 unspecified atom stereocenters. The molecule has 6 aromatic rings. The highest BCUT2D eigenvalue weighted by Crippen LogP contribution is 2.39. The van der Waals surface area contributed by atoms with Crippen LogP contribution in [0.15, 0.2) is 136 Å². The van der Waals surface area contributed by atoms with E-state index >= 15 is 0 Å². The first-order valence-electron chi connectivity index (χ1n) is 20.1.